The van der Waals surface area contributed by atoms with E-state index in [0.29, 0.717) is 37.8 Å². The predicted molar refractivity (Wildman–Crippen MR) is 119 cm³/mol. The van der Waals surface area contributed by atoms with E-state index in [-0.39, 0.29) is 11.9 Å². The Morgan fingerprint density at radius 3 is 2.72 bits per heavy atom. The third-order valence-corrected chi connectivity index (χ3v) is 6.51. The second-order valence-corrected chi connectivity index (χ2v) is 8.76. The molecule has 0 saturated carbocycles. The molecule has 0 radical (unpaired) electrons. The molecule has 0 aliphatic rings. The van der Waals surface area contributed by atoms with E-state index in [1.165, 1.54) is 23.4 Å². The number of anilines is 1. The normalized spacial score (nSPS) is 13.6. The molecule has 0 spiro atoms. The van der Waals surface area contributed by atoms with E-state index in [1.807, 2.05) is 13.8 Å². The van der Waals surface area contributed by atoms with Gasteiger partial charge in [-0.25, -0.2) is 23.0 Å². The van der Waals surface area contributed by atoms with Crippen molar-refractivity contribution in [2.24, 2.45) is 0 Å². The van der Waals surface area contributed by atoms with Crippen molar-refractivity contribution in [1.82, 2.24) is 29.9 Å². The van der Waals surface area contributed by atoms with Crippen LogP contribution < -0.4 is 4.72 Å². The molecule has 32 heavy (non-hydrogen) atoms. The number of nitrogens with zero attached hydrogens (tertiary/aromatic N) is 5. The molecular weight excluding hydrogens is 460 g/mol. The van der Waals surface area contributed by atoms with Gasteiger partial charge in [0.2, 0.25) is 12.4 Å². The summed E-state index contributed by atoms with van der Waals surface area (Å²) >= 11 is 6.34. The van der Waals surface area contributed by atoms with E-state index in [2.05, 4.69) is 29.9 Å². The van der Waals surface area contributed by atoms with Crippen LogP contribution in [0.4, 0.5) is 14.7 Å². The highest BCUT2D eigenvalue weighted by molar-refractivity contribution is 7.86. The predicted octanol–water partition coefficient (Wildman–Crippen LogP) is 4.65. The van der Waals surface area contributed by atoms with Crippen molar-refractivity contribution in [2.75, 3.05) is 4.72 Å². The fraction of sp³-hybridized carbons (Fsp3) is 0.300. The van der Waals surface area contributed by atoms with Gasteiger partial charge in [0.25, 0.3) is 0 Å². The van der Waals surface area contributed by atoms with Crippen LogP contribution in [0.1, 0.15) is 37.4 Å². The van der Waals surface area contributed by atoms with Gasteiger partial charge in [-0.1, -0.05) is 25.4 Å². The minimum absolute atomic E-state index is 0.0416. The Labute approximate surface area is 190 Å². The van der Waals surface area contributed by atoms with Crippen LogP contribution >= 0.6 is 11.6 Å². The number of aromatic amines is 1. The van der Waals surface area contributed by atoms with Gasteiger partial charge in [0.05, 0.1) is 33.5 Å². The number of hydrogen-bond acceptors (Lipinski definition) is 5. The molecule has 8 nitrogen and oxygen atoms in total. The average Bonchev–Trinajstić information content (AvgIpc) is 3.44. The largest absolute Gasteiger partial charge is 0.358 e. The Morgan fingerprint density at radius 2 is 2.03 bits per heavy atom. The number of benzene rings is 1. The lowest BCUT2D eigenvalue weighted by Gasteiger charge is -2.15. The highest BCUT2D eigenvalue weighted by Crippen LogP contribution is 2.32. The number of H-pyrrole nitrogens is 1. The van der Waals surface area contributed by atoms with Crippen molar-refractivity contribution in [1.29, 1.82) is 0 Å². The molecule has 2 N–H and O–H groups in total. The van der Waals surface area contributed by atoms with Crippen LogP contribution in [0.25, 0.3) is 16.6 Å². The van der Waals surface area contributed by atoms with Crippen LogP contribution in [0.3, 0.4) is 0 Å². The molecule has 0 aliphatic heterocycles. The highest BCUT2D eigenvalue weighted by Gasteiger charge is 2.20. The average molecular weight is 480 g/mol. The summed E-state index contributed by atoms with van der Waals surface area (Å²) in [6.45, 7) is 3.86. The lowest BCUT2D eigenvalue weighted by atomic mass is 9.99. The van der Waals surface area contributed by atoms with Crippen LogP contribution in [-0.4, -0.2) is 40.6 Å². The summed E-state index contributed by atoms with van der Waals surface area (Å²) < 4.78 is 41.7. The first-order chi connectivity index (χ1) is 15.4. The number of alkyl halides is 2. The standard InChI is InChI=1S/C20H20ClF2N7OS/c1-3-11(2)17-12(8-16(22)23)9-25-20(28-17)29-32(31)15-10-24-18-13(15)4-5-14(21)19(18)30-26-6-7-27-30/h4-7,9-11,16,24H,3,8H2,1-2H3,(H,25,28,29). The topological polar surface area (TPSA) is 101 Å². The van der Waals surface area contributed by atoms with Crippen molar-refractivity contribution in [3.63, 3.8) is 0 Å². The first-order valence-electron chi connectivity index (χ1n) is 9.87. The molecule has 4 aromatic rings. The summed E-state index contributed by atoms with van der Waals surface area (Å²) in [4.78, 5) is 13.4. The van der Waals surface area contributed by atoms with E-state index in [9.17, 15) is 13.0 Å². The molecule has 2 atom stereocenters. The van der Waals surface area contributed by atoms with Crippen LogP contribution in [0, 0.1) is 0 Å². The Morgan fingerprint density at radius 1 is 1.28 bits per heavy atom. The molecule has 3 aromatic heterocycles. The van der Waals surface area contributed by atoms with Crippen molar-refractivity contribution in [2.45, 2.75) is 43.9 Å². The van der Waals surface area contributed by atoms with E-state index in [1.54, 1.807) is 18.3 Å². The Bertz CT molecular complexity index is 1260. The van der Waals surface area contributed by atoms with Crippen LogP contribution in [0.5, 0.6) is 0 Å². The third kappa shape index (κ3) is 4.35. The Hall–Kier alpha value is -2.92. The van der Waals surface area contributed by atoms with E-state index >= 15 is 0 Å². The summed E-state index contributed by atoms with van der Waals surface area (Å²) in [5.41, 5.74) is 2.07. The quantitative estimate of drug-likeness (QED) is 0.383. The van der Waals surface area contributed by atoms with Gasteiger partial charge in [0.1, 0.15) is 5.69 Å². The zero-order valence-electron chi connectivity index (χ0n) is 17.2. The maximum absolute atomic E-state index is 13.1. The number of nitrogens with one attached hydrogen (secondary N) is 2. The first-order valence-corrected chi connectivity index (χ1v) is 11.4. The lowest BCUT2D eigenvalue weighted by Crippen LogP contribution is -2.13. The molecule has 2 unspecified atom stereocenters. The molecule has 0 aliphatic carbocycles. The summed E-state index contributed by atoms with van der Waals surface area (Å²) in [7, 11) is -1.73. The molecule has 3 heterocycles. The van der Waals surface area contributed by atoms with E-state index < -0.39 is 23.8 Å². The molecule has 0 bridgehead atoms. The Balaban J connectivity index is 1.67. The monoisotopic (exact) mass is 479 g/mol. The van der Waals surface area contributed by atoms with Crippen LogP contribution in [-0.2, 0) is 17.4 Å². The molecular formula is C20H20ClF2N7OS. The molecule has 0 amide bonds. The highest BCUT2D eigenvalue weighted by atomic mass is 35.5. The first kappa shape index (κ1) is 22.3. The molecule has 1 aromatic carbocycles. The summed E-state index contributed by atoms with van der Waals surface area (Å²) in [5, 5.41) is 9.32. The molecule has 168 valence electrons. The van der Waals surface area contributed by atoms with Gasteiger partial charge >= 0.3 is 0 Å². The van der Waals surface area contributed by atoms with Crippen molar-refractivity contribution in [3.8, 4) is 5.69 Å². The van der Waals surface area contributed by atoms with Gasteiger partial charge < -0.3 is 4.98 Å². The SMILES string of the molecule is CCC(C)c1nc(NS(=O)c2c[nH]c3c(-n4nccn4)c(Cl)ccc23)ncc1CC(F)F. The number of rotatable bonds is 8. The number of fused-ring (bicyclic) bond motifs is 1. The molecule has 12 heteroatoms. The zero-order valence-corrected chi connectivity index (χ0v) is 18.8. The van der Waals surface area contributed by atoms with Gasteiger partial charge in [0, 0.05) is 24.2 Å². The van der Waals surface area contributed by atoms with Crippen molar-refractivity contribution in [3.05, 3.63) is 53.2 Å². The van der Waals surface area contributed by atoms with Gasteiger partial charge in [-0.3, -0.25) is 4.72 Å². The van der Waals surface area contributed by atoms with Gasteiger partial charge in [0.15, 0.2) is 11.0 Å². The fourth-order valence-corrected chi connectivity index (χ4v) is 4.51. The molecule has 0 saturated heterocycles. The number of aromatic nitrogens is 6. The minimum atomic E-state index is -2.49. The molecule has 0 fully saturated rings. The third-order valence-electron chi connectivity index (χ3n) is 5.10. The molecule has 4 rings (SSSR count). The minimum Gasteiger partial charge on any atom is -0.358 e. The summed E-state index contributed by atoms with van der Waals surface area (Å²) in [5.74, 6) is 0.0639. The second-order valence-electron chi connectivity index (χ2n) is 7.17. The van der Waals surface area contributed by atoms with Crippen LogP contribution in [0.15, 0.2) is 41.8 Å². The lowest BCUT2D eigenvalue weighted by molar-refractivity contribution is 0.148. The number of halogens is 3. The van der Waals surface area contributed by atoms with Crippen molar-refractivity contribution >= 4 is 39.4 Å². The summed E-state index contributed by atoms with van der Waals surface area (Å²) in [6, 6.07) is 3.42. The van der Waals surface area contributed by atoms with Crippen molar-refractivity contribution < 1.29 is 13.0 Å². The fourth-order valence-electron chi connectivity index (χ4n) is 3.36. The van der Waals surface area contributed by atoms with Gasteiger partial charge in [-0.05, 0) is 30.0 Å². The van der Waals surface area contributed by atoms with Crippen LogP contribution in [0.2, 0.25) is 5.02 Å². The van der Waals surface area contributed by atoms with E-state index in [0.717, 1.165) is 6.42 Å². The number of hydrogen-bond donors (Lipinski definition) is 2. The zero-order chi connectivity index (χ0) is 22.8. The van der Waals surface area contributed by atoms with Gasteiger partial charge in [-0.2, -0.15) is 10.2 Å². The van der Waals surface area contributed by atoms with E-state index in [4.69, 9.17) is 11.6 Å². The smallest absolute Gasteiger partial charge is 0.242 e. The van der Waals surface area contributed by atoms with Gasteiger partial charge in [-0.15, -0.1) is 4.80 Å². The summed E-state index contributed by atoms with van der Waals surface area (Å²) in [6.07, 6.45) is 3.84. The Kier molecular flexibility index (Phi) is 6.47. The maximum atomic E-state index is 13.1. The second kappa shape index (κ2) is 9.29. The maximum Gasteiger partial charge on any atom is 0.242 e.